The Morgan fingerprint density at radius 1 is 1.21 bits per heavy atom. The molecule has 0 N–H and O–H groups in total. The zero-order valence-corrected chi connectivity index (χ0v) is 18.5. The molecule has 1 aliphatic heterocycles. The van der Waals surface area contributed by atoms with Crippen molar-refractivity contribution in [1.29, 1.82) is 0 Å². The molecule has 0 atom stereocenters. The molecule has 0 saturated carbocycles. The van der Waals surface area contributed by atoms with Crippen LogP contribution in [0.25, 0.3) is 11.6 Å². The number of aromatic nitrogens is 3. The van der Waals surface area contributed by atoms with E-state index >= 15 is 0 Å². The van der Waals surface area contributed by atoms with Crippen molar-refractivity contribution in [2.75, 3.05) is 31.1 Å². The number of nitro benzene ring substituents is 1. The van der Waals surface area contributed by atoms with Crippen LogP contribution in [0.5, 0.6) is 0 Å². The summed E-state index contributed by atoms with van der Waals surface area (Å²) >= 11 is 5.56. The van der Waals surface area contributed by atoms with Crippen molar-refractivity contribution < 1.29 is 22.5 Å². The smallest absolute Gasteiger partial charge is 0.416 e. The first-order valence-corrected chi connectivity index (χ1v) is 10.6. The lowest BCUT2D eigenvalue weighted by Crippen LogP contribution is -2.47. The highest BCUT2D eigenvalue weighted by molar-refractivity contribution is 7.71. The van der Waals surface area contributed by atoms with Crippen molar-refractivity contribution in [3.8, 4) is 11.6 Å². The minimum atomic E-state index is -4.64. The Morgan fingerprint density at radius 3 is 2.52 bits per heavy atom. The van der Waals surface area contributed by atoms with Gasteiger partial charge in [0.15, 0.2) is 16.4 Å². The summed E-state index contributed by atoms with van der Waals surface area (Å²) in [5.74, 6) is 1.24. The Labute approximate surface area is 191 Å². The highest BCUT2D eigenvalue weighted by Gasteiger charge is 2.34. The highest BCUT2D eigenvalue weighted by Crippen LogP contribution is 2.36. The lowest BCUT2D eigenvalue weighted by molar-refractivity contribution is -0.384. The van der Waals surface area contributed by atoms with E-state index in [9.17, 15) is 23.3 Å². The summed E-state index contributed by atoms with van der Waals surface area (Å²) in [6.45, 7) is 4.91. The first-order valence-electron chi connectivity index (χ1n) is 10.2. The van der Waals surface area contributed by atoms with Crippen LogP contribution in [0.15, 0.2) is 41.0 Å². The molecule has 1 fully saturated rings. The van der Waals surface area contributed by atoms with Gasteiger partial charge in [-0.2, -0.15) is 13.2 Å². The molecule has 0 spiro atoms. The van der Waals surface area contributed by atoms with E-state index in [1.165, 1.54) is 6.07 Å². The van der Waals surface area contributed by atoms with E-state index < -0.39 is 22.4 Å². The number of rotatable bonds is 6. The average molecular weight is 482 g/mol. The van der Waals surface area contributed by atoms with Gasteiger partial charge in [0.1, 0.15) is 5.69 Å². The SMILES string of the molecule is CCn1c(-c2ccco2)nn(CN2CCN(c3ccc(C(F)(F)F)cc3[N+](=O)[O-])CC2)c1=S. The maximum atomic E-state index is 13.0. The summed E-state index contributed by atoms with van der Waals surface area (Å²) in [6, 6.07) is 6.22. The molecule has 13 heteroatoms. The molecule has 3 heterocycles. The van der Waals surface area contributed by atoms with Gasteiger partial charge in [-0.05, 0) is 43.4 Å². The summed E-state index contributed by atoms with van der Waals surface area (Å²) in [5.41, 5.74) is -1.41. The second-order valence-corrected chi connectivity index (χ2v) is 7.90. The molecule has 2 aromatic heterocycles. The van der Waals surface area contributed by atoms with Crippen LogP contribution in [0, 0.1) is 14.9 Å². The molecule has 176 valence electrons. The maximum absolute atomic E-state index is 13.0. The van der Waals surface area contributed by atoms with E-state index in [0.717, 1.165) is 6.07 Å². The van der Waals surface area contributed by atoms with Crippen LogP contribution < -0.4 is 4.90 Å². The van der Waals surface area contributed by atoms with Crippen LogP contribution in [0.3, 0.4) is 0 Å². The van der Waals surface area contributed by atoms with E-state index in [4.69, 9.17) is 16.6 Å². The van der Waals surface area contributed by atoms with Gasteiger partial charge in [0.25, 0.3) is 5.69 Å². The van der Waals surface area contributed by atoms with Crippen LogP contribution in [0.4, 0.5) is 24.5 Å². The van der Waals surface area contributed by atoms with E-state index in [2.05, 4.69) is 10.00 Å². The molecular formula is C20H21F3N6O3S. The van der Waals surface area contributed by atoms with E-state index in [1.54, 1.807) is 21.9 Å². The van der Waals surface area contributed by atoms with Crippen LogP contribution in [0.1, 0.15) is 12.5 Å². The monoisotopic (exact) mass is 482 g/mol. The Kier molecular flexibility index (Phi) is 6.26. The van der Waals surface area contributed by atoms with Crippen molar-refractivity contribution in [3.63, 3.8) is 0 Å². The van der Waals surface area contributed by atoms with Crippen LogP contribution in [-0.4, -0.2) is 50.3 Å². The fourth-order valence-corrected chi connectivity index (χ4v) is 4.15. The predicted molar refractivity (Wildman–Crippen MR) is 116 cm³/mol. The summed E-state index contributed by atoms with van der Waals surface area (Å²) in [7, 11) is 0. The average Bonchev–Trinajstić information content (AvgIpc) is 3.41. The van der Waals surface area contributed by atoms with Crippen LogP contribution in [-0.2, 0) is 19.4 Å². The number of piperazine rings is 1. The highest BCUT2D eigenvalue weighted by atomic mass is 32.1. The van der Waals surface area contributed by atoms with Gasteiger partial charge in [-0.3, -0.25) is 19.6 Å². The zero-order chi connectivity index (χ0) is 23.8. The van der Waals surface area contributed by atoms with Crippen molar-refractivity contribution in [2.45, 2.75) is 26.3 Å². The molecule has 0 unspecified atom stereocenters. The Morgan fingerprint density at radius 2 is 1.94 bits per heavy atom. The fourth-order valence-electron chi connectivity index (χ4n) is 3.84. The molecule has 1 aromatic carbocycles. The molecule has 3 aromatic rings. The summed E-state index contributed by atoms with van der Waals surface area (Å²) in [5, 5.41) is 16.0. The van der Waals surface area contributed by atoms with Crippen molar-refractivity contribution in [1.82, 2.24) is 19.2 Å². The minimum Gasteiger partial charge on any atom is -0.461 e. The van der Waals surface area contributed by atoms with E-state index in [0.29, 0.717) is 61.8 Å². The molecule has 0 radical (unpaired) electrons. The Hall–Kier alpha value is -3.19. The first-order chi connectivity index (χ1) is 15.7. The molecule has 1 aliphatic rings. The third-order valence-corrected chi connectivity index (χ3v) is 5.96. The quantitative estimate of drug-likeness (QED) is 0.292. The van der Waals surface area contributed by atoms with Gasteiger partial charge in [-0.15, -0.1) is 5.10 Å². The van der Waals surface area contributed by atoms with Gasteiger partial charge < -0.3 is 9.32 Å². The maximum Gasteiger partial charge on any atom is 0.416 e. The minimum absolute atomic E-state index is 0.180. The second-order valence-electron chi connectivity index (χ2n) is 7.53. The third-order valence-electron chi connectivity index (χ3n) is 5.53. The molecule has 0 amide bonds. The van der Waals surface area contributed by atoms with Gasteiger partial charge in [-0.1, -0.05) is 0 Å². The normalized spacial score (nSPS) is 15.2. The zero-order valence-electron chi connectivity index (χ0n) is 17.7. The lowest BCUT2D eigenvalue weighted by atomic mass is 10.1. The van der Waals surface area contributed by atoms with Gasteiger partial charge in [-0.25, -0.2) is 4.68 Å². The molecule has 0 aliphatic carbocycles. The van der Waals surface area contributed by atoms with Gasteiger partial charge in [0.2, 0.25) is 0 Å². The van der Waals surface area contributed by atoms with E-state index in [1.807, 2.05) is 17.6 Å². The largest absolute Gasteiger partial charge is 0.461 e. The number of hydrogen-bond acceptors (Lipinski definition) is 7. The third kappa shape index (κ3) is 4.64. The summed E-state index contributed by atoms with van der Waals surface area (Å²) in [6.07, 6.45) is -3.07. The lowest BCUT2D eigenvalue weighted by Gasteiger charge is -2.35. The predicted octanol–water partition coefficient (Wildman–Crippen LogP) is 4.40. The number of anilines is 1. The topological polar surface area (TPSA) is 85.5 Å². The first kappa shape index (κ1) is 23.0. The standard InChI is InChI=1S/C20H21F3N6O3S/c1-2-27-18(17-4-3-11-32-17)24-28(19(27)33)13-25-7-9-26(10-8-25)15-6-5-14(20(21,22)23)12-16(15)29(30)31/h3-6,11-12H,2,7-10,13H2,1H3. The van der Waals surface area contributed by atoms with Gasteiger partial charge in [0.05, 0.1) is 23.4 Å². The number of hydrogen-bond donors (Lipinski definition) is 0. The Bertz CT molecular complexity index is 1200. The van der Waals surface area contributed by atoms with Crippen LogP contribution >= 0.6 is 12.2 Å². The van der Waals surface area contributed by atoms with Gasteiger partial charge in [0, 0.05) is 38.8 Å². The molecule has 33 heavy (non-hydrogen) atoms. The molecule has 1 saturated heterocycles. The van der Waals surface area contributed by atoms with Crippen molar-refractivity contribution in [2.24, 2.45) is 0 Å². The molecule has 0 bridgehead atoms. The van der Waals surface area contributed by atoms with Crippen LogP contribution in [0.2, 0.25) is 0 Å². The second kappa shape index (κ2) is 8.98. The summed E-state index contributed by atoms with van der Waals surface area (Å²) in [4.78, 5) is 14.5. The molecule has 9 nitrogen and oxygen atoms in total. The van der Waals surface area contributed by atoms with Crippen molar-refractivity contribution in [3.05, 3.63) is 57.0 Å². The number of alkyl halides is 3. The van der Waals surface area contributed by atoms with Gasteiger partial charge >= 0.3 is 6.18 Å². The molecule has 4 rings (SSSR count). The molecular weight excluding hydrogens is 461 g/mol. The number of nitro groups is 1. The summed E-state index contributed by atoms with van der Waals surface area (Å²) < 4.78 is 48.5. The Balaban J connectivity index is 1.48. The number of benzene rings is 1. The number of nitrogens with zero attached hydrogens (tertiary/aromatic N) is 6. The number of furan rings is 1. The van der Waals surface area contributed by atoms with Crippen molar-refractivity contribution >= 4 is 23.6 Å². The van der Waals surface area contributed by atoms with E-state index in [-0.39, 0.29) is 5.69 Å². The fraction of sp³-hybridized carbons (Fsp3) is 0.400. The number of halogens is 3.